The molecule has 0 saturated carbocycles. The molecule has 31 heavy (non-hydrogen) atoms. The number of rotatable bonds is 5. The first-order chi connectivity index (χ1) is 14.8. The van der Waals surface area contributed by atoms with E-state index in [0.717, 1.165) is 41.6 Å². The van der Waals surface area contributed by atoms with Crippen LogP contribution in [0.3, 0.4) is 0 Å². The molecule has 4 rings (SSSR count). The first-order valence-corrected chi connectivity index (χ1v) is 12.6. The van der Waals surface area contributed by atoms with E-state index in [4.69, 9.17) is 0 Å². The minimum Gasteiger partial charge on any atom is -0.325 e. The molecule has 6 nitrogen and oxygen atoms in total. The molecule has 1 fully saturated rings. The summed E-state index contributed by atoms with van der Waals surface area (Å²) >= 11 is 1.11. The quantitative estimate of drug-likeness (QED) is 0.734. The molecule has 2 atom stereocenters. The van der Waals surface area contributed by atoms with Gasteiger partial charge in [0.25, 0.3) is 0 Å². The molecule has 0 radical (unpaired) electrons. The highest BCUT2D eigenvalue weighted by atomic mass is 32.2. The number of hydrogen-bond donors (Lipinski definition) is 1. The number of nitrogens with zero attached hydrogens (tertiary/aromatic N) is 2. The fourth-order valence-corrected chi connectivity index (χ4v) is 6.62. The first-order valence-electron chi connectivity index (χ1n) is 9.80. The third kappa shape index (κ3) is 4.59. The predicted octanol–water partition coefficient (Wildman–Crippen LogP) is 3.24. The number of carbonyl (C=O) groups is 1. The third-order valence-corrected chi connectivity index (χ3v) is 7.95. The van der Waals surface area contributed by atoms with Crippen LogP contribution in [0.25, 0.3) is 0 Å². The van der Waals surface area contributed by atoms with E-state index in [-0.39, 0.29) is 28.9 Å². The molecule has 2 heterocycles. The van der Waals surface area contributed by atoms with Crippen LogP contribution in [0.5, 0.6) is 0 Å². The number of aliphatic imine (C=N–C) groups is 1. The van der Waals surface area contributed by atoms with E-state index < -0.39 is 33.6 Å². The van der Waals surface area contributed by atoms with Gasteiger partial charge in [-0.1, -0.05) is 36.9 Å². The highest BCUT2D eigenvalue weighted by Crippen LogP contribution is 2.36. The van der Waals surface area contributed by atoms with Crippen molar-refractivity contribution in [1.82, 2.24) is 0 Å². The van der Waals surface area contributed by atoms with Gasteiger partial charge in [-0.05, 0) is 30.2 Å². The van der Waals surface area contributed by atoms with E-state index in [1.165, 1.54) is 11.0 Å². The normalized spacial score (nSPS) is 21.6. The van der Waals surface area contributed by atoms with Crippen molar-refractivity contribution < 1.29 is 22.0 Å². The zero-order chi connectivity index (χ0) is 22.2. The summed E-state index contributed by atoms with van der Waals surface area (Å²) in [4.78, 5) is 18.5. The van der Waals surface area contributed by atoms with Gasteiger partial charge in [-0.25, -0.2) is 17.2 Å². The molecule has 1 amide bonds. The van der Waals surface area contributed by atoms with Crippen molar-refractivity contribution in [1.29, 1.82) is 0 Å². The van der Waals surface area contributed by atoms with Gasteiger partial charge >= 0.3 is 0 Å². The molecule has 0 aliphatic carbocycles. The molecule has 10 heteroatoms. The summed E-state index contributed by atoms with van der Waals surface area (Å²) in [5.41, 5.74) is 1.79. The van der Waals surface area contributed by atoms with Gasteiger partial charge in [-0.2, -0.15) is 0 Å². The molecule has 1 N–H and O–H groups in total. The van der Waals surface area contributed by atoms with Crippen molar-refractivity contribution in [2.45, 2.75) is 25.4 Å². The second kappa shape index (κ2) is 8.58. The lowest BCUT2D eigenvalue weighted by Gasteiger charge is -2.26. The highest BCUT2D eigenvalue weighted by Gasteiger charge is 2.47. The molecular weight excluding hydrogens is 444 g/mol. The Balaban J connectivity index is 1.53. The van der Waals surface area contributed by atoms with Crippen molar-refractivity contribution in [3.63, 3.8) is 0 Å². The van der Waals surface area contributed by atoms with Crippen molar-refractivity contribution in [3.05, 3.63) is 59.7 Å². The van der Waals surface area contributed by atoms with Crippen LogP contribution in [0.15, 0.2) is 47.5 Å². The number of thioether (sulfide) groups is 1. The minimum absolute atomic E-state index is 0.0163. The zero-order valence-electron chi connectivity index (χ0n) is 16.7. The number of halogens is 2. The Morgan fingerprint density at radius 3 is 2.74 bits per heavy atom. The fourth-order valence-electron chi connectivity index (χ4n) is 3.86. The Morgan fingerprint density at radius 1 is 1.23 bits per heavy atom. The van der Waals surface area contributed by atoms with E-state index in [0.29, 0.717) is 5.17 Å². The summed E-state index contributed by atoms with van der Waals surface area (Å²) in [6, 6.07) is 9.52. The van der Waals surface area contributed by atoms with Crippen LogP contribution < -0.4 is 10.2 Å². The second-order valence-electron chi connectivity index (χ2n) is 7.44. The van der Waals surface area contributed by atoms with E-state index in [1.807, 2.05) is 31.2 Å². The van der Waals surface area contributed by atoms with Crippen LogP contribution in [0.2, 0.25) is 0 Å². The number of sulfone groups is 1. The summed E-state index contributed by atoms with van der Waals surface area (Å²) in [7, 11) is -3.30. The fraction of sp³-hybridized carbons (Fsp3) is 0.333. The molecule has 2 aromatic carbocycles. The van der Waals surface area contributed by atoms with Crippen LogP contribution in [0, 0.1) is 11.6 Å². The standard InChI is InChI=1S/C21H21F2N3O3S2/c1-2-13-5-3-4-6-16(13)24-20(27)10-30-21-25-17-11-31(28,29)12-19(17)26(21)18-8-7-14(22)9-15(18)23/h3-9,17,19H,2,10-12H2,1H3,(H,24,27). The summed E-state index contributed by atoms with van der Waals surface area (Å²) in [6.45, 7) is 1.99. The summed E-state index contributed by atoms with van der Waals surface area (Å²) in [6.07, 6.45) is 0.770. The molecule has 2 unspecified atom stereocenters. The summed E-state index contributed by atoms with van der Waals surface area (Å²) in [5, 5.41) is 3.23. The van der Waals surface area contributed by atoms with E-state index in [9.17, 15) is 22.0 Å². The zero-order valence-corrected chi connectivity index (χ0v) is 18.3. The van der Waals surface area contributed by atoms with Gasteiger partial charge in [0.15, 0.2) is 15.0 Å². The van der Waals surface area contributed by atoms with Crippen LogP contribution in [0.1, 0.15) is 12.5 Å². The number of hydrogen-bond acceptors (Lipinski definition) is 6. The Morgan fingerprint density at radius 2 is 2.00 bits per heavy atom. The molecule has 2 aromatic rings. The van der Waals surface area contributed by atoms with Gasteiger partial charge in [0.2, 0.25) is 5.91 Å². The number of fused-ring (bicyclic) bond motifs is 1. The average Bonchev–Trinajstić information content (AvgIpc) is 3.18. The van der Waals surface area contributed by atoms with Gasteiger partial charge < -0.3 is 10.2 Å². The molecule has 1 saturated heterocycles. The number of aryl methyl sites for hydroxylation is 1. The number of benzene rings is 2. The molecular formula is C21H21F2N3O3S2. The largest absolute Gasteiger partial charge is 0.325 e. The van der Waals surface area contributed by atoms with Crippen LogP contribution in [-0.2, 0) is 21.1 Å². The lowest BCUT2D eigenvalue weighted by molar-refractivity contribution is -0.113. The molecule has 0 aromatic heterocycles. The Bertz CT molecular complexity index is 1150. The number of carbonyl (C=O) groups excluding carboxylic acids is 1. The number of nitrogens with one attached hydrogen (secondary N) is 1. The lowest BCUT2D eigenvalue weighted by atomic mass is 10.1. The molecule has 2 aliphatic rings. The molecule has 0 spiro atoms. The summed E-state index contributed by atoms with van der Waals surface area (Å²) < 4.78 is 52.1. The number of amides is 1. The Hall–Kier alpha value is -2.46. The topological polar surface area (TPSA) is 78.8 Å². The minimum atomic E-state index is -3.30. The number of anilines is 2. The molecule has 0 bridgehead atoms. The van der Waals surface area contributed by atoms with Gasteiger partial charge in [0, 0.05) is 11.8 Å². The average molecular weight is 466 g/mol. The van der Waals surface area contributed by atoms with Gasteiger partial charge in [0.1, 0.15) is 11.6 Å². The Labute approximate surface area is 183 Å². The van der Waals surface area contributed by atoms with Crippen LogP contribution >= 0.6 is 11.8 Å². The van der Waals surface area contributed by atoms with Gasteiger partial charge in [-0.15, -0.1) is 0 Å². The van der Waals surface area contributed by atoms with Crippen molar-refractivity contribution >= 4 is 44.0 Å². The molecule has 2 aliphatic heterocycles. The molecule has 164 valence electrons. The van der Waals surface area contributed by atoms with E-state index >= 15 is 0 Å². The van der Waals surface area contributed by atoms with Gasteiger partial charge in [0.05, 0.1) is 35.0 Å². The van der Waals surface area contributed by atoms with Crippen molar-refractivity contribution in [2.75, 3.05) is 27.5 Å². The Kier molecular flexibility index (Phi) is 6.02. The van der Waals surface area contributed by atoms with E-state index in [2.05, 4.69) is 10.3 Å². The second-order valence-corrected chi connectivity index (χ2v) is 10.5. The summed E-state index contributed by atoms with van der Waals surface area (Å²) in [5.74, 6) is -2.06. The number of amidine groups is 1. The first kappa shape index (κ1) is 21.8. The lowest BCUT2D eigenvalue weighted by Crippen LogP contribution is -2.40. The third-order valence-electron chi connectivity index (χ3n) is 5.28. The van der Waals surface area contributed by atoms with Gasteiger partial charge in [-0.3, -0.25) is 9.79 Å². The van der Waals surface area contributed by atoms with Crippen molar-refractivity contribution in [3.8, 4) is 0 Å². The van der Waals surface area contributed by atoms with E-state index in [1.54, 1.807) is 0 Å². The smallest absolute Gasteiger partial charge is 0.234 e. The highest BCUT2D eigenvalue weighted by molar-refractivity contribution is 8.14. The van der Waals surface area contributed by atoms with Crippen LogP contribution in [-0.4, -0.2) is 48.8 Å². The maximum absolute atomic E-state index is 14.5. The maximum atomic E-state index is 14.5. The SMILES string of the molecule is CCc1ccccc1NC(=O)CSC1=NC2CS(=O)(=O)CC2N1c1ccc(F)cc1F. The monoisotopic (exact) mass is 465 g/mol. The maximum Gasteiger partial charge on any atom is 0.234 e. The van der Waals surface area contributed by atoms with Crippen molar-refractivity contribution in [2.24, 2.45) is 4.99 Å². The van der Waals surface area contributed by atoms with Crippen LogP contribution in [0.4, 0.5) is 20.2 Å². The number of para-hydroxylation sites is 1. The predicted molar refractivity (Wildman–Crippen MR) is 119 cm³/mol.